The smallest absolute Gasteiger partial charge is 0.236 e. The molecule has 25 heavy (non-hydrogen) atoms. The Labute approximate surface area is 151 Å². The number of aliphatic hydroxyl groups is 1. The van der Waals surface area contributed by atoms with Crippen LogP contribution in [0.15, 0.2) is 0 Å². The van der Waals surface area contributed by atoms with Crippen LogP contribution < -0.4 is 0 Å². The summed E-state index contributed by atoms with van der Waals surface area (Å²) in [5, 5.41) is 9.82. The second-order valence-electron chi connectivity index (χ2n) is 8.65. The minimum Gasteiger partial charge on any atom is -0.394 e. The zero-order chi connectivity index (χ0) is 18.1. The molecule has 3 rings (SSSR count). The molecule has 0 saturated carbocycles. The number of rotatable bonds is 3. The Balaban J connectivity index is 1.56. The third-order valence-corrected chi connectivity index (χ3v) is 6.61. The summed E-state index contributed by atoms with van der Waals surface area (Å²) in [5.74, 6) is 0.292. The molecule has 3 fully saturated rings. The van der Waals surface area contributed by atoms with Crippen LogP contribution in [0.4, 0.5) is 0 Å². The van der Waals surface area contributed by atoms with E-state index in [1.807, 2.05) is 16.7 Å². The average Bonchev–Trinajstić information content (AvgIpc) is 2.90. The van der Waals surface area contributed by atoms with Crippen molar-refractivity contribution in [1.29, 1.82) is 0 Å². The van der Waals surface area contributed by atoms with Crippen LogP contribution in [0, 0.1) is 5.41 Å². The lowest BCUT2D eigenvalue weighted by Gasteiger charge is -2.40. The minimum atomic E-state index is -0.453. The fourth-order valence-corrected chi connectivity index (χ4v) is 5.09. The summed E-state index contributed by atoms with van der Waals surface area (Å²) in [6, 6.07) is 0. The number of hydrogen-bond acceptors (Lipinski definition) is 4. The Morgan fingerprint density at radius 1 is 1.04 bits per heavy atom. The maximum Gasteiger partial charge on any atom is 0.236 e. The van der Waals surface area contributed by atoms with Gasteiger partial charge in [0, 0.05) is 26.6 Å². The fraction of sp³-hybridized carbons (Fsp3) is 0.895. The molecule has 0 aromatic rings. The van der Waals surface area contributed by atoms with E-state index in [9.17, 15) is 14.7 Å². The summed E-state index contributed by atoms with van der Waals surface area (Å²) < 4.78 is 0. The third kappa shape index (κ3) is 3.85. The molecule has 0 aromatic carbocycles. The zero-order valence-electron chi connectivity index (χ0n) is 15.8. The van der Waals surface area contributed by atoms with E-state index in [4.69, 9.17) is 0 Å². The summed E-state index contributed by atoms with van der Waals surface area (Å²) in [5.41, 5.74) is -0.392. The predicted octanol–water partition coefficient (Wildman–Crippen LogP) is 1.08. The van der Waals surface area contributed by atoms with Gasteiger partial charge in [-0.05, 0) is 57.5 Å². The van der Waals surface area contributed by atoms with Crippen molar-refractivity contribution in [3.05, 3.63) is 0 Å². The highest BCUT2D eigenvalue weighted by Gasteiger charge is 2.52. The fourth-order valence-electron chi connectivity index (χ4n) is 5.09. The highest BCUT2D eigenvalue weighted by Crippen LogP contribution is 2.47. The normalized spacial score (nSPS) is 30.0. The van der Waals surface area contributed by atoms with Gasteiger partial charge in [0.25, 0.3) is 0 Å². The Kier molecular flexibility index (Phi) is 5.40. The quantitative estimate of drug-likeness (QED) is 0.827. The molecule has 3 heterocycles. The second-order valence-corrected chi connectivity index (χ2v) is 8.65. The first-order valence-electron chi connectivity index (χ1n) is 9.77. The number of amides is 2. The lowest BCUT2D eigenvalue weighted by molar-refractivity contribution is -0.136. The molecule has 2 amide bonds. The number of nitrogens with zero attached hydrogens (tertiary/aromatic N) is 3. The van der Waals surface area contributed by atoms with Crippen LogP contribution in [0.25, 0.3) is 0 Å². The molecule has 1 N–H and O–H groups in total. The molecule has 0 unspecified atom stereocenters. The molecule has 0 radical (unpaired) electrons. The zero-order valence-corrected chi connectivity index (χ0v) is 15.8. The van der Waals surface area contributed by atoms with Crippen molar-refractivity contribution in [2.45, 2.75) is 57.9 Å². The first-order chi connectivity index (χ1) is 11.9. The molecule has 3 aliphatic heterocycles. The van der Waals surface area contributed by atoms with E-state index in [0.717, 1.165) is 45.4 Å². The Morgan fingerprint density at radius 2 is 1.68 bits per heavy atom. The van der Waals surface area contributed by atoms with Crippen molar-refractivity contribution >= 4 is 11.8 Å². The van der Waals surface area contributed by atoms with Crippen LogP contribution >= 0.6 is 0 Å². The van der Waals surface area contributed by atoms with Crippen molar-refractivity contribution in [3.63, 3.8) is 0 Å². The average molecular weight is 351 g/mol. The van der Waals surface area contributed by atoms with Gasteiger partial charge in [0.05, 0.1) is 18.7 Å². The molecule has 0 aliphatic carbocycles. The minimum absolute atomic E-state index is 0.00589. The van der Waals surface area contributed by atoms with Gasteiger partial charge in [-0.25, -0.2) is 0 Å². The number of piperidine rings is 2. The molecule has 0 aromatic heterocycles. The Hall–Kier alpha value is -1.14. The Bertz CT molecular complexity index is 510. The maximum absolute atomic E-state index is 12.6. The number of aliphatic hydroxyl groups excluding tert-OH is 1. The SMILES string of the molecule is CC(=O)N1CC2(CCN(C(=O)CN3CCCCC3)CC2)C[C@]1(C)CO. The van der Waals surface area contributed by atoms with E-state index < -0.39 is 5.54 Å². The molecule has 6 nitrogen and oxygen atoms in total. The molecular formula is C19H33N3O3. The van der Waals surface area contributed by atoms with Crippen molar-refractivity contribution in [3.8, 4) is 0 Å². The summed E-state index contributed by atoms with van der Waals surface area (Å²) >= 11 is 0. The van der Waals surface area contributed by atoms with E-state index in [1.54, 1.807) is 6.92 Å². The maximum atomic E-state index is 12.6. The topological polar surface area (TPSA) is 64.1 Å². The van der Waals surface area contributed by atoms with E-state index >= 15 is 0 Å². The highest BCUT2D eigenvalue weighted by molar-refractivity contribution is 5.78. The van der Waals surface area contributed by atoms with Crippen LogP contribution in [-0.2, 0) is 9.59 Å². The van der Waals surface area contributed by atoms with Crippen LogP contribution in [-0.4, -0.2) is 83.0 Å². The van der Waals surface area contributed by atoms with E-state index in [1.165, 1.54) is 19.3 Å². The molecule has 0 bridgehead atoms. The lowest BCUT2D eigenvalue weighted by atomic mass is 9.74. The van der Waals surface area contributed by atoms with Gasteiger partial charge < -0.3 is 14.9 Å². The summed E-state index contributed by atoms with van der Waals surface area (Å²) in [4.78, 5) is 30.7. The lowest BCUT2D eigenvalue weighted by Crippen LogP contribution is -2.48. The number of hydrogen-bond donors (Lipinski definition) is 1. The summed E-state index contributed by atoms with van der Waals surface area (Å²) in [7, 11) is 0. The van der Waals surface area contributed by atoms with Crippen molar-refractivity contribution < 1.29 is 14.7 Å². The number of likely N-dealkylation sites (tertiary alicyclic amines) is 3. The third-order valence-electron chi connectivity index (χ3n) is 6.61. The van der Waals surface area contributed by atoms with E-state index in [0.29, 0.717) is 13.1 Å². The van der Waals surface area contributed by atoms with Crippen molar-refractivity contribution in [1.82, 2.24) is 14.7 Å². The first kappa shape index (κ1) is 18.6. The standard InChI is InChI=1S/C19H33N3O3/c1-16(24)22-14-19(13-18(22,2)15-23)6-10-21(11-7-19)17(25)12-20-8-4-3-5-9-20/h23H,3-15H2,1-2H3/t18-/m1/s1. The van der Waals surface area contributed by atoms with Gasteiger partial charge in [0.1, 0.15) is 0 Å². The largest absolute Gasteiger partial charge is 0.394 e. The molecule has 1 spiro atoms. The summed E-state index contributed by atoms with van der Waals surface area (Å²) in [6.45, 7) is 8.50. The highest BCUT2D eigenvalue weighted by atomic mass is 16.3. The molecule has 3 aliphatic rings. The van der Waals surface area contributed by atoms with Crippen LogP contribution in [0.5, 0.6) is 0 Å². The van der Waals surface area contributed by atoms with Gasteiger partial charge in [-0.3, -0.25) is 14.5 Å². The molecule has 6 heteroatoms. The second kappa shape index (κ2) is 7.23. The molecule has 1 atom stereocenters. The van der Waals surface area contributed by atoms with Gasteiger partial charge in [-0.15, -0.1) is 0 Å². The monoisotopic (exact) mass is 351 g/mol. The van der Waals surface area contributed by atoms with Gasteiger partial charge >= 0.3 is 0 Å². The van der Waals surface area contributed by atoms with Gasteiger partial charge in [-0.2, -0.15) is 0 Å². The van der Waals surface area contributed by atoms with Gasteiger partial charge in [0.2, 0.25) is 11.8 Å². The van der Waals surface area contributed by atoms with Crippen LogP contribution in [0.3, 0.4) is 0 Å². The predicted molar refractivity (Wildman–Crippen MR) is 96.0 cm³/mol. The van der Waals surface area contributed by atoms with Crippen molar-refractivity contribution in [2.75, 3.05) is 45.9 Å². The van der Waals surface area contributed by atoms with Gasteiger partial charge in [0.15, 0.2) is 0 Å². The molecule has 3 saturated heterocycles. The number of carbonyl (C=O) groups excluding carboxylic acids is 2. The van der Waals surface area contributed by atoms with Crippen LogP contribution in [0.2, 0.25) is 0 Å². The first-order valence-corrected chi connectivity index (χ1v) is 9.77. The van der Waals surface area contributed by atoms with E-state index in [-0.39, 0.29) is 23.8 Å². The van der Waals surface area contributed by atoms with E-state index in [2.05, 4.69) is 4.90 Å². The molecule has 142 valence electrons. The Morgan fingerprint density at radius 3 is 2.20 bits per heavy atom. The van der Waals surface area contributed by atoms with Gasteiger partial charge in [-0.1, -0.05) is 6.42 Å². The molecular weight excluding hydrogens is 318 g/mol. The summed E-state index contributed by atoms with van der Waals surface area (Å²) in [6.07, 6.45) is 6.39. The number of carbonyl (C=O) groups is 2. The van der Waals surface area contributed by atoms with Crippen LogP contribution in [0.1, 0.15) is 52.4 Å². The van der Waals surface area contributed by atoms with Crippen molar-refractivity contribution in [2.24, 2.45) is 5.41 Å².